The van der Waals surface area contributed by atoms with E-state index in [-0.39, 0.29) is 4.87 Å². The molecule has 2 atom stereocenters. The summed E-state index contributed by atoms with van der Waals surface area (Å²) in [6.45, 7) is 11.4. The van der Waals surface area contributed by atoms with E-state index in [1.807, 2.05) is 0 Å². The van der Waals surface area contributed by atoms with E-state index < -0.39 is 0 Å². The van der Waals surface area contributed by atoms with Crippen LogP contribution in [0.1, 0.15) is 53.9 Å². The Bertz CT molecular complexity index is 176. The van der Waals surface area contributed by atoms with Gasteiger partial charge in [0.2, 0.25) is 0 Å². The van der Waals surface area contributed by atoms with Gasteiger partial charge in [0.05, 0.1) is 0 Å². The summed E-state index contributed by atoms with van der Waals surface area (Å²) in [5.41, 5.74) is 0.495. The Morgan fingerprint density at radius 1 is 1.23 bits per heavy atom. The van der Waals surface area contributed by atoms with Crippen LogP contribution < -0.4 is 0 Å². The molecule has 0 nitrogen and oxygen atoms in total. The Morgan fingerprint density at radius 2 is 1.77 bits per heavy atom. The monoisotopic (exact) mass is 202 g/mol. The fraction of sp³-hybridized carbons (Fsp3) is 1.00. The number of halogens is 1. The van der Waals surface area contributed by atoms with Crippen molar-refractivity contribution < 1.29 is 0 Å². The van der Waals surface area contributed by atoms with Crippen molar-refractivity contribution in [3.63, 3.8) is 0 Å². The van der Waals surface area contributed by atoms with Gasteiger partial charge >= 0.3 is 0 Å². The Balaban J connectivity index is 2.69. The maximum atomic E-state index is 6.40. The molecule has 2 unspecified atom stereocenters. The van der Waals surface area contributed by atoms with E-state index >= 15 is 0 Å². The number of rotatable bonds is 1. The first-order valence-corrected chi connectivity index (χ1v) is 5.77. The molecular weight excluding hydrogens is 180 g/mol. The van der Waals surface area contributed by atoms with Gasteiger partial charge in [-0.1, -0.05) is 20.8 Å². The van der Waals surface area contributed by atoms with Gasteiger partial charge in [-0.3, -0.25) is 0 Å². The first-order valence-electron chi connectivity index (χ1n) is 5.40. The lowest BCUT2D eigenvalue weighted by atomic mass is 9.65. The molecule has 1 saturated carbocycles. The van der Waals surface area contributed by atoms with Gasteiger partial charge in [-0.15, -0.1) is 11.6 Å². The molecule has 1 rings (SSSR count). The van der Waals surface area contributed by atoms with Crippen LogP contribution in [0.5, 0.6) is 0 Å². The number of hydrogen-bond acceptors (Lipinski definition) is 0. The molecule has 13 heavy (non-hydrogen) atoms. The minimum Gasteiger partial charge on any atom is -0.120 e. The fourth-order valence-electron chi connectivity index (χ4n) is 2.87. The summed E-state index contributed by atoms with van der Waals surface area (Å²) >= 11 is 6.40. The van der Waals surface area contributed by atoms with Gasteiger partial charge in [-0.25, -0.2) is 0 Å². The zero-order valence-corrected chi connectivity index (χ0v) is 10.4. The van der Waals surface area contributed by atoms with E-state index in [1.54, 1.807) is 0 Å². The second kappa shape index (κ2) is 3.46. The first kappa shape index (κ1) is 11.4. The van der Waals surface area contributed by atoms with E-state index in [2.05, 4.69) is 34.6 Å². The molecular formula is C12H23Cl. The zero-order chi connectivity index (χ0) is 10.3. The van der Waals surface area contributed by atoms with E-state index in [9.17, 15) is 0 Å². The third-order valence-corrected chi connectivity index (χ3v) is 3.67. The lowest BCUT2D eigenvalue weighted by Gasteiger charge is -2.43. The molecule has 0 spiro atoms. The second-order valence-corrected chi connectivity index (χ2v) is 7.15. The number of hydrogen-bond donors (Lipinski definition) is 0. The van der Waals surface area contributed by atoms with Crippen LogP contribution in [0.3, 0.4) is 0 Å². The van der Waals surface area contributed by atoms with E-state index in [1.165, 1.54) is 19.3 Å². The van der Waals surface area contributed by atoms with Crippen LogP contribution in [0.4, 0.5) is 0 Å². The minimum atomic E-state index is -0.0219. The normalized spacial score (nSPS) is 34.6. The maximum Gasteiger partial charge on any atom is 0.0419 e. The highest BCUT2D eigenvalue weighted by molar-refractivity contribution is 6.23. The molecule has 0 N–H and O–H groups in total. The van der Waals surface area contributed by atoms with Gasteiger partial charge in [0, 0.05) is 4.87 Å². The standard InChI is InChI=1S/C12H23Cl/c1-9-6-10(12(4,5)13)8-11(2,3)7-9/h9-10H,6-8H2,1-5H3. The fourth-order valence-corrected chi connectivity index (χ4v) is 3.04. The van der Waals surface area contributed by atoms with Crippen molar-refractivity contribution in [2.75, 3.05) is 0 Å². The van der Waals surface area contributed by atoms with Crippen molar-refractivity contribution >= 4 is 11.6 Å². The molecule has 0 aromatic rings. The Labute approximate surface area is 88.1 Å². The summed E-state index contributed by atoms with van der Waals surface area (Å²) in [5.74, 6) is 1.53. The molecule has 0 saturated heterocycles. The molecule has 0 aromatic carbocycles. The third-order valence-electron chi connectivity index (χ3n) is 3.36. The van der Waals surface area contributed by atoms with Crippen molar-refractivity contribution in [3.05, 3.63) is 0 Å². The predicted molar refractivity (Wildman–Crippen MR) is 60.2 cm³/mol. The molecule has 0 radical (unpaired) electrons. The highest BCUT2D eigenvalue weighted by atomic mass is 35.5. The lowest BCUT2D eigenvalue weighted by molar-refractivity contribution is 0.113. The van der Waals surface area contributed by atoms with Crippen LogP contribution in [0.25, 0.3) is 0 Å². The predicted octanol–water partition coefficient (Wildman–Crippen LogP) is 4.47. The molecule has 78 valence electrons. The van der Waals surface area contributed by atoms with Gasteiger partial charge in [-0.2, -0.15) is 0 Å². The van der Waals surface area contributed by atoms with Crippen molar-refractivity contribution in [1.82, 2.24) is 0 Å². The topological polar surface area (TPSA) is 0 Å². The summed E-state index contributed by atoms with van der Waals surface area (Å²) in [6, 6.07) is 0. The van der Waals surface area contributed by atoms with Crippen LogP contribution in [0.2, 0.25) is 0 Å². The maximum absolute atomic E-state index is 6.40. The van der Waals surface area contributed by atoms with E-state index in [0.29, 0.717) is 11.3 Å². The van der Waals surface area contributed by atoms with E-state index in [0.717, 1.165) is 5.92 Å². The Morgan fingerprint density at radius 3 is 2.15 bits per heavy atom. The smallest absolute Gasteiger partial charge is 0.0419 e. The molecule has 1 fully saturated rings. The summed E-state index contributed by atoms with van der Waals surface area (Å²) in [4.78, 5) is -0.0219. The Hall–Kier alpha value is 0.290. The van der Waals surface area contributed by atoms with Crippen LogP contribution in [-0.4, -0.2) is 4.87 Å². The Kier molecular flexibility index (Phi) is 3.02. The highest BCUT2D eigenvalue weighted by Gasteiger charge is 2.38. The molecule has 0 aromatic heterocycles. The summed E-state index contributed by atoms with van der Waals surface area (Å²) in [7, 11) is 0. The molecule has 0 heterocycles. The molecule has 0 aliphatic heterocycles. The molecule has 0 amide bonds. The third kappa shape index (κ3) is 3.16. The van der Waals surface area contributed by atoms with Crippen LogP contribution in [-0.2, 0) is 0 Å². The van der Waals surface area contributed by atoms with E-state index in [4.69, 9.17) is 11.6 Å². The lowest BCUT2D eigenvalue weighted by Crippen LogP contribution is -2.36. The summed E-state index contributed by atoms with van der Waals surface area (Å²) in [5, 5.41) is 0. The van der Waals surface area contributed by atoms with Gasteiger partial charge in [0.15, 0.2) is 0 Å². The molecule has 1 aliphatic carbocycles. The van der Waals surface area contributed by atoms with Crippen LogP contribution in [0.15, 0.2) is 0 Å². The zero-order valence-electron chi connectivity index (χ0n) is 9.65. The van der Waals surface area contributed by atoms with Crippen molar-refractivity contribution in [2.45, 2.75) is 58.8 Å². The largest absolute Gasteiger partial charge is 0.120 e. The molecule has 1 heteroatoms. The average Bonchev–Trinajstić information content (AvgIpc) is 1.79. The average molecular weight is 203 g/mol. The van der Waals surface area contributed by atoms with Gasteiger partial charge < -0.3 is 0 Å². The SMILES string of the molecule is CC1CC(C(C)(C)Cl)CC(C)(C)C1. The second-order valence-electron chi connectivity index (χ2n) is 6.17. The van der Waals surface area contributed by atoms with Crippen LogP contribution in [0, 0.1) is 17.3 Å². The van der Waals surface area contributed by atoms with Crippen molar-refractivity contribution in [3.8, 4) is 0 Å². The van der Waals surface area contributed by atoms with Crippen molar-refractivity contribution in [2.24, 2.45) is 17.3 Å². The van der Waals surface area contributed by atoms with Gasteiger partial charge in [0.1, 0.15) is 0 Å². The van der Waals surface area contributed by atoms with Crippen molar-refractivity contribution in [1.29, 1.82) is 0 Å². The van der Waals surface area contributed by atoms with Crippen LogP contribution >= 0.6 is 11.6 Å². The number of alkyl halides is 1. The quantitative estimate of drug-likeness (QED) is 0.551. The van der Waals surface area contributed by atoms with Gasteiger partial charge in [-0.05, 0) is 50.4 Å². The summed E-state index contributed by atoms with van der Waals surface area (Å²) in [6.07, 6.45) is 3.95. The van der Waals surface area contributed by atoms with Gasteiger partial charge in [0.25, 0.3) is 0 Å². The molecule has 1 aliphatic rings. The highest BCUT2D eigenvalue weighted by Crippen LogP contribution is 2.47. The summed E-state index contributed by atoms with van der Waals surface area (Å²) < 4.78 is 0. The first-order chi connectivity index (χ1) is 5.71. The molecule has 0 bridgehead atoms. The minimum absolute atomic E-state index is 0.0219.